The van der Waals surface area contributed by atoms with Crippen LogP contribution in [0.1, 0.15) is 35.4 Å². The van der Waals surface area contributed by atoms with Gasteiger partial charge in [-0.25, -0.2) is 4.79 Å². The zero-order valence-corrected chi connectivity index (χ0v) is 10.9. The van der Waals surface area contributed by atoms with Crippen LogP contribution < -0.4 is 5.32 Å². The molecule has 0 spiro atoms. The van der Waals surface area contributed by atoms with Crippen LogP contribution in [0.5, 0.6) is 0 Å². The number of nitrogens with zero attached hydrogens (tertiary/aromatic N) is 1. The van der Waals surface area contributed by atoms with E-state index in [0.717, 1.165) is 6.54 Å². The zero-order chi connectivity index (χ0) is 13.2. The lowest BCUT2D eigenvalue weighted by Crippen LogP contribution is -2.56. The number of rotatable bonds is 6. The normalized spacial score (nSPS) is 17.7. The maximum Gasteiger partial charge on any atom is 0.372 e. The lowest BCUT2D eigenvalue weighted by molar-refractivity contribution is 0.0595. The van der Waals surface area contributed by atoms with E-state index in [1.165, 1.54) is 25.5 Å². The maximum absolute atomic E-state index is 10.9. The van der Waals surface area contributed by atoms with E-state index in [1.807, 2.05) is 0 Å². The number of carboxylic acid groups (broad SMARTS) is 1. The Bertz CT molecular complexity index is 422. The van der Waals surface area contributed by atoms with Crippen LogP contribution in [-0.2, 0) is 6.54 Å². The first-order chi connectivity index (χ1) is 8.55. The molecule has 0 aliphatic heterocycles. The molecule has 2 rings (SSSR count). The summed E-state index contributed by atoms with van der Waals surface area (Å²) in [6, 6.07) is 1.71. The second kappa shape index (κ2) is 5.12. The molecule has 100 valence electrons. The lowest BCUT2D eigenvalue weighted by atomic mass is 9.75. The first-order valence-electron chi connectivity index (χ1n) is 6.23. The first-order valence-corrected chi connectivity index (χ1v) is 6.23. The topological polar surface area (TPSA) is 65.7 Å². The van der Waals surface area contributed by atoms with Gasteiger partial charge in [-0.15, -0.1) is 0 Å². The standard InChI is InChI=1S/C13H20N2O3/c1-15(2)13(5-3-6-13)9-14-8-10-4-7-18-11(10)12(16)17/h4,7,14H,3,5-6,8-9H2,1-2H3,(H,16,17). The molecule has 0 aromatic carbocycles. The quantitative estimate of drug-likeness (QED) is 0.804. The number of nitrogens with one attached hydrogen (secondary N) is 1. The minimum Gasteiger partial charge on any atom is -0.475 e. The molecule has 1 heterocycles. The highest BCUT2D eigenvalue weighted by atomic mass is 16.4. The minimum absolute atomic E-state index is 0.0370. The summed E-state index contributed by atoms with van der Waals surface area (Å²) in [6.45, 7) is 1.41. The predicted octanol–water partition coefficient (Wildman–Crippen LogP) is 1.55. The van der Waals surface area contributed by atoms with Crippen LogP contribution in [0.2, 0.25) is 0 Å². The number of aromatic carboxylic acids is 1. The van der Waals surface area contributed by atoms with Crippen molar-refractivity contribution in [1.29, 1.82) is 0 Å². The SMILES string of the molecule is CN(C)C1(CNCc2ccoc2C(=O)O)CCC1. The fraction of sp³-hybridized carbons (Fsp3) is 0.615. The summed E-state index contributed by atoms with van der Waals surface area (Å²) in [5.41, 5.74) is 0.948. The second-order valence-corrected chi connectivity index (χ2v) is 5.16. The molecule has 1 aromatic rings. The molecule has 5 nitrogen and oxygen atoms in total. The van der Waals surface area contributed by atoms with E-state index in [1.54, 1.807) is 6.07 Å². The van der Waals surface area contributed by atoms with Crippen LogP contribution in [0, 0.1) is 0 Å². The predicted molar refractivity (Wildman–Crippen MR) is 67.6 cm³/mol. The second-order valence-electron chi connectivity index (χ2n) is 5.16. The number of hydrogen-bond donors (Lipinski definition) is 2. The van der Waals surface area contributed by atoms with Gasteiger partial charge in [0.05, 0.1) is 6.26 Å². The van der Waals surface area contributed by atoms with Crippen molar-refractivity contribution in [2.24, 2.45) is 0 Å². The molecular formula is C13H20N2O3. The monoisotopic (exact) mass is 252 g/mol. The highest BCUT2D eigenvalue weighted by Gasteiger charge is 2.38. The van der Waals surface area contributed by atoms with Crippen LogP contribution in [0.15, 0.2) is 16.7 Å². The molecule has 18 heavy (non-hydrogen) atoms. The van der Waals surface area contributed by atoms with Gasteiger partial charge in [0.15, 0.2) is 0 Å². The molecule has 5 heteroatoms. The molecule has 1 saturated carbocycles. The molecule has 0 radical (unpaired) electrons. The molecule has 0 atom stereocenters. The van der Waals surface area contributed by atoms with Crippen LogP contribution >= 0.6 is 0 Å². The fourth-order valence-electron chi connectivity index (χ4n) is 2.46. The molecule has 0 unspecified atom stereocenters. The van der Waals surface area contributed by atoms with Gasteiger partial charge in [-0.2, -0.15) is 0 Å². The van der Waals surface area contributed by atoms with E-state index in [4.69, 9.17) is 9.52 Å². The summed E-state index contributed by atoms with van der Waals surface area (Å²) in [6.07, 6.45) is 5.09. The number of carbonyl (C=O) groups is 1. The van der Waals surface area contributed by atoms with Gasteiger partial charge in [0, 0.05) is 24.2 Å². The Morgan fingerprint density at radius 2 is 2.28 bits per heavy atom. The molecule has 0 amide bonds. The number of hydrogen-bond acceptors (Lipinski definition) is 4. The Morgan fingerprint density at radius 3 is 2.78 bits per heavy atom. The van der Waals surface area contributed by atoms with Crippen molar-refractivity contribution < 1.29 is 14.3 Å². The Labute approximate surface area is 107 Å². The maximum atomic E-state index is 10.9. The molecule has 1 aromatic heterocycles. The third kappa shape index (κ3) is 2.42. The van der Waals surface area contributed by atoms with Gasteiger partial charge in [-0.05, 0) is 39.4 Å². The summed E-state index contributed by atoms with van der Waals surface area (Å²) in [4.78, 5) is 13.1. The minimum atomic E-state index is -1.01. The Morgan fingerprint density at radius 1 is 1.56 bits per heavy atom. The Hall–Kier alpha value is -1.33. The van der Waals surface area contributed by atoms with Crippen molar-refractivity contribution in [3.05, 3.63) is 23.7 Å². The van der Waals surface area contributed by atoms with Crippen molar-refractivity contribution >= 4 is 5.97 Å². The smallest absolute Gasteiger partial charge is 0.372 e. The van der Waals surface area contributed by atoms with Crippen LogP contribution in [0.4, 0.5) is 0 Å². The van der Waals surface area contributed by atoms with Crippen LogP contribution in [0.3, 0.4) is 0 Å². The van der Waals surface area contributed by atoms with E-state index < -0.39 is 5.97 Å². The summed E-state index contributed by atoms with van der Waals surface area (Å²) in [5, 5.41) is 12.3. The van der Waals surface area contributed by atoms with Crippen LogP contribution in [-0.4, -0.2) is 42.2 Å². The van der Waals surface area contributed by atoms with Crippen molar-refractivity contribution in [3.8, 4) is 0 Å². The lowest BCUT2D eigenvalue weighted by Gasteiger charge is -2.47. The van der Waals surface area contributed by atoms with Gasteiger partial charge in [0.2, 0.25) is 5.76 Å². The van der Waals surface area contributed by atoms with E-state index in [-0.39, 0.29) is 11.3 Å². The van der Waals surface area contributed by atoms with Gasteiger partial charge in [-0.1, -0.05) is 0 Å². The average Bonchev–Trinajstić information content (AvgIpc) is 2.69. The van der Waals surface area contributed by atoms with Crippen molar-refractivity contribution in [2.75, 3.05) is 20.6 Å². The largest absolute Gasteiger partial charge is 0.475 e. The van der Waals surface area contributed by atoms with E-state index in [2.05, 4.69) is 24.3 Å². The van der Waals surface area contributed by atoms with E-state index in [0.29, 0.717) is 12.1 Å². The average molecular weight is 252 g/mol. The first kappa shape index (κ1) is 13.1. The molecule has 1 aliphatic carbocycles. The molecule has 2 N–H and O–H groups in total. The summed E-state index contributed by atoms with van der Waals surface area (Å²) in [5.74, 6) is -0.974. The van der Waals surface area contributed by atoms with Crippen molar-refractivity contribution in [2.45, 2.75) is 31.3 Å². The van der Waals surface area contributed by atoms with Gasteiger partial charge in [-0.3, -0.25) is 0 Å². The highest BCUT2D eigenvalue weighted by molar-refractivity contribution is 5.86. The summed E-state index contributed by atoms with van der Waals surface area (Å²) >= 11 is 0. The fourth-order valence-corrected chi connectivity index (χ4v) is 2.46. The number of furan rings is 1. The highest BCUT2D eigenvalue weighted by Crippen LogP contribution is 2.35. The molecule has 1 fully saturated rings. The zero-order valence-electron chi connectivity index (χ0n) is 10.9. The van der Waals surface area contributed by atoms with Crippen molar-refractivity contribution in [1.82, 2.24) is 10.2 Å². The summed E-state index contributed by atoms with van der Waals surface area (Å²) in [7, 11) is 4.20. The molecular weight excluding hydrogens is 232 g/mol. The molecule has 0 bridgehead atoms. The molecule has 1 aliphatic rings. The number of likely N-dealkylation sites (N-methyl/N-ethyl adjacent to an activating group) is 1. The van der Waals surface area contributed by atoms with Gasteiger partial charge in [0.1, 0.15) is 0 Å². The third-order valence-electron chi connectivity index (χ3n) is 3.94. The van der Waals surface area contributed by atoms with Gasteiger partial charge >= 0.3 is 5.97 Å². The van der Waals surface area contributed by atoms with Crippen LogP contribution in [0.25, 0.3) is 0 Å². The van der Waals surface area contributed by atoms with Gasteiger partial charge in [0.25, 0.3) is 0 Å². The Kier molecular flexibility index (Phi) is 3.73. The third-order valence-corrected chi connectivity index (χ3v) is 3.94. The molecule has 0 saturated heterocycles. The Balaban J connectivity index is 1.88. The van der Waals surface area contributed by atoms with E-state index in [9.17, 15) is 4.79 Å². The van der Waals surface area contributed by atoms with E-state index >= 15 is 0 Å². The summed E-state index contributed by atoms with van der Waals surface area (Å²) < 4.78 is 4.95. The number of carboxylic acids is 1. The van der Waals surface area contributed by atoms with Crippen molar-refractivity contribution in [3.63, 3.8) is 0 Å². The van der Waals surface area contributed by atoms with Gasteiger partial charge < -0.3 is 19.7 Å².